The fourth-order valence-corrected chi connectivity index (χ4v) is 1.30. The number of anilines is 1. The lowest BCUT2D eigenvalue weighted by molar-refractivity contribution is 0.331. The van der Waals surface area contributed by atoms with Gasteiger partial charge in [0.2, 0.25) is 5.95 Å². The number of aliphatic hydroxyl groups excluding tert-OH is 1. The lowest BCUT2D eigenvalue weighted by Gasteiger charge is -1.92. The van der Waals surface area contributed by atoms with Gasteiger partial charge >= 0.3 is 0 Å². The van der Waals surface area contributed by atoms with Crippen molar-refractivity contribution in [2.24, 2.45) is 0 Å². The number of nitrogens with two attached hydrogens (primary N) is 1. The highest BCUT2D eigenvalue weighted by Gasteiger charge is 2.03. The maximum Gasteiger partial charge on any atom is 0.222 e. The van der Waals surface area contributed by atoms with Gasteiger partial charge in [0, 0.05) is 6.42 Å². The van der Waals surface area contributed by atoms with Gasteiger partial charge in [0.1, 0.15) is 11.3 Å². The Labute approximate surface area is 92.3 Å². The quantitative estimate of drug-likeness (QED) is 0.649. The number of fused-ring (bicyclic) bond motifs is 1. The van der Waals surface area contributed by atoms with Crippen LogP contribution in [0.5, 0.6) is 0 Å². The summed E-state index contributed by atoms with van der Waals surface area (Å²) in [5, 5.41) is 8.85. The number of rotatable bonds is 3. The number of nitrogen functional groups attached to an aromatic ring is 1. The minimum Gasteiger partial charge on any atom is -0.392 e. The molecule has 0 bridgehead atoms. The first-order valence-electron chi connectivity index (χ1n) is 4.92. The molecule has 0 aliphatic carbocycles. The zero-order valence-electron chi connectivity index (χ0n) is 8.94. The van der Waals surface area contributed by atoms with Crippen LogP contribution in [0.4, 0.5) is 5.95 Å². The zero-order chi connectivity index (χ0) is 11.5. The zero-order valence-corrected chi connectivity index (χ0v) is 8.94. The molecule has 2 heterocycles. The number of H-pyrrole nitrogens is 1. The van der Waals surface area contributed by atoms with Crippen LogP contribution in [0.15, 0.2) is 17.8 Å². The largest absolute Gasteiger partial charge is 0.392 e. The molecule has 16 heavy (non-hydrogen) atoms. The van der Waals surface area contributed by atoms with E-state index in [4.69, 9.17) is 10.8 Å². The molecule has 0 saturated carbocycles. The van der Waals surface area contributed by atoms with E-state index in [2.05, 4.69) is 19.9 Å². The SMILES string of the molecule is CC(=CCc1nc2nc(N)ncc2[nH]1)CO. The predicted molar refractivity (Wildman–Crippen MR) is 60.6 cm³/mol. The summed E-state index contributed by atoms with van der Waals surface area (Å²) in [6.45, 7) is 1.92. The van der Waals surface area contributed by atoms with Gasteiger partial charge in [-0.15, -0.1) is 0 Å². The molecule has 0 unspecified atom stereocenters. The van der Waals surface area contributed by atoms with Gasteiger partial charge in [-0.1, -0.05) is 11.6 Å². The van der Waals surface area contributed by atoms with Crippen LogP contribution in [0.2, 0.25) is 0 Å². The lowest BCUT2D eigenvalue weighted by Crippen LogP contribution is -1.93. The average molecular weight is 219 g/mol. The van der Waals surface area contributed by atoms with Crippen molar-refractivity contribution in [1.29, 1.82) is 0 Å². The number of aromatic amines is 1. The number of imidazole rings is 1. The molecule has 0 amide bonds. The molecule has 0 spiro atoms. The summed E-state index contributed by atoms with van der Waals surface area (Å²) in [5.74, 6) is 0.996. The number of nitrogens with zero attached hydrogens (tertiary/aromatic N) is 3. The maximum atomic E-state index is 8.85. The van der Waals surface area contributed by atoms with E-state index in [-0.39, 0.29) is 12.6 Å². The number of hydrogen-bond acceptors (Lipinski definition) is 5. The second-order valence-corrected chi connectivity index (χ2v) is 3.56. The molecule has 0 fully saturated rings. The summed E-state index contributed by atoms with van der Waals surface area (Å²) < 4.78 is 0. The van der Waals surface area contributed by atoms with Crippen molar-refractivity contribution in [3.63, 3.8) is 0 Å². The van der Waals surface area contributed by atoms with Crippen molar-refractivity contribution in [1.82, 2.24) is 19.9 Å². The molecule has 0 aromatic carbocycles. The van der Waals surface area contributed by atoms with E-state index in [0.717, 1.165) is 16.9 Å². The van der Waals surface area contributed by atoms with Gasteiger partial charge in [-0.25, -0.2) is 9.97 Å². The monoisotopic (exact) mass is 219 g/mol. The highest BCUT2D eigenvalue weighted by molar-refractivity contribution is 5.70. The first kappa shape index (κ1) is 10.6. The third-order valence-electron chi connectivity index (χ3n) is 2.20. The Kier molecular flexibility index (Phi) is 2.82. The molecule has 2 aromatic heterocycles. The molecule has 6 heteroatoms. The molecule has 2 rings (SSSR count). The smallest absolute Gasteiger partial charge is 0.222 e. The summed E-state index contributed by atoms with van der Waals surface area (Å²) in [7, 11) is 0. The van der Waals surface area contributed by atoms with Gasteiger partial charge in [0.15, 0.2) is 5.65 Å². The molecular weight excluding hydrogens is 206 g/mol. The van der Waals surface area contributed by atoms with Crippen LogP contribution >= 0.6 is 0 Å². The van der Waals surface area contributed by atoms with E-state index in [9.17, 15) is 0 Å². The third-order valence-corrected chi connectivity index (χ3v) is 2.20. The normalized spacial score (nSPS) is 12.2. The van der Waals surface area contributed by atoms with Crippen molar-refractivity contribution < 1.29 is 5.11 Å². The minimum absolute atomic E-state index is 0.0625. The third kappa shape index (κ3) is 2.17. The molecule has 0 aliphatic heterocycles. The summed E-state index contributed by atoms with van der Waals surface area (Å²) in [5.41, 5.74) is 7.69. The second kappa shape index (κ2) is 4.28. The number of aromatic nitrogens is 4. The summed E-state index contributed by atoms with van der Waals surface area (Å²) in [6, 6.07) is 0. The molecule has 0 radical (unpaired) electrons. The van der Waals surface area contributed by atoms with Gasteiger partial charge in [0.05, 0.1) is 12.8 Å². The second-order valence-electron chi connectivity index (χ2n) is 3.56. The van der Waals surface area contributed by atoms with Crippen molar-refractivity contribution in [3.8, 4) is 0 Å². The number of nitrogens with one attached hydrogen (secondary N) is 1. The number of hydrogen-bond donors (Lipinski definition) is 3. The van der Waals surface area contributed by atoms with Gasteiger partial charge in [0.25, 0.3) is 0 Å². The molecule has 84 valence electrons. The topological polar surface area (TPSA) is 101 Å². The van der Waals surface area contributed by atoms with E-state index in [1.807, 2.05) is 13.0 Å². The predicted octanol–water partition coefficient (Wildman–Crippen LogP) is 0.416. The fraction of sp³-hybridized carbons (Fsp3) is 0.300. The first-order valence-corrected chi connectivity index (χ1v) is 4.92. The molecule has 4 N–H and O–H groups in total. The van der Waals surface area contributed by atoms with Crippen LogP contribution in [0.25, 0.3) is 11.2 Å². The summed E-state index contributed by atoms with van der Waals surface area (Å²) >= 11 is 0. The Morgan fingerprint density at radius 2 is 2.38 bits per heavy atom. The van der Waals surface area contributed by atoms with Crippen molar-refractivity contribution in [2.75, 3.05) is 12.3 Å². The molecule has 0 atom stereocenters. The van der Waals surface area contributed by atoms with Crippen LogP contribution in [0.1, 0.15) is 12.7 Å². The van der Waals surface area contributed by atoms with Gasteiger partial charge < -0.3 is 15.8 Å². The number of allylic oxidation sites excluding steroid dienone is 1. The number of aliphatic hydroxyl groups is 1. The molecule has 2 aromatic rings. The van der Waals surface area contributed by atoms with E-state index in [0.29, 0.717) is 12.1 Å². The van der Waals surface area contributed by atoms with Crippen LogP contribution in [-0.4, -0.2) is 31.6 Å². The first-order chi connectivity index (χ1) is 7.69. The standard InChI is InChI=1S/C10H13N5O/c1-6(5-16)2-3-8-13-7-4-12-10(11)15-9(7)14-8/h2,4,16H,3,5H2,1H3,(H3,11,12,13,14,15). The van der Waals surface area contributed by atoms with Crippen LogP contribution in [0.3, 0.4) is 0 Å². The summed E-state index contributed by atoms with van der Waals surface area (Å²) in [4.78, 5) is 15.2. The Morgan fingerprint density at radius 1 is 1.56 bits per heavy atom. The van der Waals surface area contributed by atoms with Crippen molar-refractivity contribution in [3.05, 3.63) is 23.7 Å². The Balaban J connectivity index is 2.26. The molecule has 0 aliphatic rings. The van der Waals surface area contributed by atoms with E-state index in [1.165, 1.54) is 0 Å². The molecule has 6 nitrogen and oxygen atoms in total. The average Bonchev–Trinajstić information content (AvgIpc) is 2.67. The highest BCUT2D eigenvalue weighted by Crippen LogP contribution is 2.09. The molecular formula is C10H13N5O. The van der Waals surface area contributed by atoms with Crippen molar-refractivity contribution >= 4 is 17.1 Å². The van der Waals surface area contributed by atoms with Crippen LogP contribution in [0, 0.1) is 0 Å². The highest BCUT2D eigenvalue weighted by atomic mass is 16.3. The van der Waals surface area contributed by atoms with E-state index >= 15 is 0 Å². The van der Waals surface area contributed by atoms with E-state index < -0.39 is 0 Å². The summed E-state index contributed by atoms with van der Waals surface area (Å²) in [6.07, 6.45) is 4.15. The van der Waals surface area contributed by atoms with Crippen LogP contribution < -0.4 is 5.73 Å². The van der Waals surface area contributed by atoms with E-state index in [1.54, 1.807) is 6.20 Å². The van der Waals surface area contributed by atoms with Crippen molar-refractivity contribution in [2.45, 2.75) is 13.3 Å². The van der Waals surface area contributed by atoms with Gasteiger partial charge in [-0.2, -0.15) is 4.98 Å². The Morgan fingerprint density at radius 3 is 3.12 bits per heavy atom. The minimum atomic E-state index is 0.0625. The maximum absolute atomic E-state index is 8.85. The molecule has 0 saturated heterocycles. The van der Waals surface area contributed by atoms with Gasteiger partial charge in [-0.3, -0.25) is 0 Å². The Hall–Kier alpha value is -1.95. The van der Waals surface area contributed by atoms with Gasteiger partial charge in [-0.05, 0) is 6.92 Å². The Bertz CT molecular complexity index is 531. The lowest BCUT2D eigenvalue weighted by atomic mass is 10.2. The van der Waals surface area contributed by atoms with Crippen LogP contribution in [-0.2, 0) is 6.42 Å². The fourth-order valence-electron chi connectivity index (χ4n) is 1.30.